The number of rotatable bonds is 0. The van der Waals surface area contributed by atoms with E-state index in [-0.39, 0.29) is 155 Å². The Balaban J connectivity index is -0.0000000891. The maximum Gasteiger partial charge on any atom is 0.154 e. The topological polar surface area (TPSA) is 133 Å². The van der Waals surface area contributed by atoms with E-state index >= 15 is 0 Å². The summed E-state index contributed by atoms with van der Waals surface area (Å²) in [6.45, 7) is 71.2. The highest BCUT2D eigenvalue weighted by Gasteiger charge is 2.20. The SMILES string of the molecule is C.C.C.C.C.C.C.C.C.C.C.C.C.C.C.C.CC1=C(F)CC(C)CC1.CC1=C(F)CC(C)CC1.CC1=CCC(C)CC1.CC1=CCC(C)CC1.CC1CCC(C)CC1.CC1CCC(C)OC1.CC1CCC(C)OC1.CC1COC(C)OC1.CC1COC(C)OC1.Cc1ccc(C)c(F)c1.Cc1ccc(C)c(F)c1.Cc1ccc(C)cc1.Cc1ccc(C)nc1.Cc1ccc(C)nc1.Cc1cnc(C)nc1.Cc1cnc(C)nc1. The van der Waals surface area contributed by atoms with E-state index in [4.69, 9.17) is 28.4 Å². The summed E-state index contributed by atoms with van der Waals surface area (Å²) in [7, 11) is 0. The molecule has 4 aromatic heterocycles. The quantitative estimate of drug-likeness (QED) is 0.106. The van der Waals surface area contributed by atoms with Crippen LogP contribution in [0.1, 0.15) is 451 Å². The van der Waals surface area contributed by atoms with Crippen LogP contribution < -0.4 is 0 Å². The number of benzene rings is 3. The van der Waals surface area contributed by atoms with E-state index in [1.807, 2.05) is 158 Å². The van der Waals surface area contributed by atoms with Crippen LogP contribution in [0.4, 0.5) is 17.6 Å². The highest BCUT2D eigenvalue weighted by molar-refractivity contribution is 5.24. The molecule has 870 valence electrons. The standard InChI is InChI=1S/2C8H13F.2C8H9F.C8H16.2C8H14.C8H10.2C7H9N.2C7H14O.2C6H8N2.2C6H12O2.16CH4/c4*1-6-3-4-7(2)8(9)5-6;4*1-7-3-5-8(2)6-4-7;4*1-6-3-4-7(2)8-5-6;4*1-5-3-7-6(2)8-4-5;;;;;;;;;;;;;;;;/h2*6H,3-5H2,1-2H3;2*3-5H,1-2H3;7-8H,3-6H2,1-2H3;2*3,8H,4-6H2,1-2H3;3-6H,1-2H3;2*3-5H,1-2H3;2*6-7H,3-5H2,1-2H3;2*3-4H,1-2H3;2*5-6H,3-4H2,1-2H3;16*1H4. The summed E-state index contributed by atoms with van der Waals surface area (Å²) in [5.74, 6) is 9.49. The first-order chi connectivity index (χ1) is 62.2. The Hall–Kier alpha value is -7.44. The first kappa shape index (κ1) is 176. The molecule has 0 spiro atoms. The molecule has 0 N–H and O–H groups in total. The Kier molecular flexibility index (Phi) is 124. The zero-order valence-corrected chi connectivity index (χ0v) is 88.8. The number of halogens is 4. The van der Waals surface area contributed by atoms with E-state index < -0.39 is 0 Å². The van der Waals surface area contributed by atoms with Gasteiger partial charge in [-0.2, -0.15) is 0 Å². The third kappa shape index (κ3) is 96.8. The van der Waals surface area contributed by atoms with Gasteiger partial charge in [-0.15, -0.1) is 0 Å². The van der Waals surface area contributed by atoms with Gasteiger partial charge in [-0.05, 0) is 369 Å². The van der Waals surface area contributed by atoms with Gasteiger partial charge in [0.2, 0.25) is 0 Å². The lowest BCUT2D eigenvalue weighted by Crippen LogP contribution is -2.27. The van der Waals surface area contributed by atoms with Gasteiger partial charge in [-0.1, -0.05) is 309 Å². The molecule has 12 nitrogen and oxygen atoms in total. The van der Waals surface area contributed by atoms with E-state index in [0.717, 1.165) is 144 Å². The molecule has 1 saturated carbocycles. The fraction of sp³-hybridized carbons (Fsp3) is 0.667. The van der Waals surface area contributed by atoms with E-state index in [2.05, 4.69) is 189 Å². The molecule has 8 atom stereocenters. The van der Waals surface area contributed by atoms with Crippen LogP contribution in [0.5, 0.6) is 0 Å². The molecule has 4 aliphatic heterocycles. The molecule has 9 aliphatic rings. The number of aromatic nitrogens is 6. The average molecular weight is 2090 g/mol. The average Bonchev–Trinajstić information content (AvgIpc) is 0.907. The number of nitrogens with zero attached hydrogens (tertiary/aromatic N) is 6. The predicted octanol–water partition coefficient (Wildman–Crippen LogP) is 43.1. The van der Waals surface area contributed by atoms with Crippen molar-refractivity contribution in [1.82, 2.24) is 29.9 Å². The lowest BCUT2D eigenvalue weighted by atomic mass is 9.84. The summed E-state index contributed by atoms with van der Waals surface area (Å²) >= 11 is 0. The summed E-state index contributed by atoms with van der Waals surface area (Å²) in [5.41, 5.74) is 17.9. The van der Waals surface area contributed by atoms with Crippen molar-refractivity contribution < 1.29 is 46.0 Å². The predicted molar refractivity (Wildman–Crippen MR) is 658 cm³/mol. The minimum absolute atomic E-state index is 0. The molecule has 0 amide bonds. The Morgan fingerprint density at radius 3 is 0.655 bits per heavy atom. The first-order valence-electron chi connectivity index (χ1n) is 49.7. The zero-order valence-electron chi connectivity index (χ0n) is 88.8. The minimum atomic E-state index is -0.116. The minimum Gasteiger partial charge on any atom is -0.378 e. The van der Waals surface area contributed by atoms with Crippen LogP contribution in [0.25, 0.3) is 0 Å². The van der Waals surface area contributed by atoms with Gasteiger partial charge < -0.3 is 28.4 Å². The van der Waals surface area contributed by atoms with E-state index in [9.17, 15) is 17.6 Å². The van der Waals surface area contributed by atoms with Gasteiger partial charge >= 0.3 is 0 Å². The Labute approximate surface area is 921 Å². The molecule has 148 heavy (non-hydrogen) atoms. The lowest BCUT2D eigenvalue weighted by molar-refractivity contribution is -0.187. The van der Waals surface area contributed by atoms with E-state index in [1.165, 1.54) is 137 Å². The summed E-state index contributed by atoms with van der Waals surface area (Å²) in [4.78, 5) is 24.0. The van der Waals surface area contributed by atoms with Crippen molar-refractivity contribution in [3.8, 4) is 0 Å². The molecule has 7 aromatic rings. The fourth-order valence-corrected chi connectivity index (χ4v) is 13.4. The molecule has 4 saturated heterocycles. The van der Waals surface area contributed by atoms with Gasteiger partial charge in [0.25, 0.3) is 0 Å². The van der Waals surface area contributed by atoms with Gasteiger partial charge in [0, 0.05) is 86.5 Å². The molecular weight excluding hydrogens is 1840 g/mol. The smallest absolute Gasteiger partial charge is 0.154 e. The lowest BCUT2D eigenvalue weighted by Gasteiger charge is -2.24. The molecule has 5 fully saturated rings. The maximum atomic E-state index is 12.7. The fourth-order valence-electron chi connectivity index (χ4n) is 13.4. The van der Waals surface area contributed by atoms with Crippen molar-refractivity contribution in [2.45, 2.75) is 494 Å². The molecule has 16 heteroatoms. The molecule has 8 heterocycles. The summed E-state index contributed by atoms with van der Waals surface area (Å²) in [6.07, 6.45) is 41.6. The molecule has 3 aromatic carbocycles. The number of pyridine rings is 2. The van der Waals surface area contributed by atoms with Crippen LogP contribution in [0.3, 0.4) is 0 Å². The van der Waals surface area contributed by atoms with E-state index in [0.29, 0.717) is 59.8 Å². The van der Waals surface area contributed by atoms with Crippen molar-refractivity contribution in [1.29, 1.82) is 0 Å². The number of hydrogen-bond donors (Lipinski definition) is 0. The second-order valence-electron chi connectivity index (χ2n) is 39.9. The monoisotopic (exact) mass is 2090 g/mol. The maximum absolute atomic E-state index is 12.7. The first-order valence-corrected chi connectivity index (χ1v) is 49.7. The second kappa shape index (κ2) is 104. The van der Waals surface area contributed by atoms with Crippen molar-refractivity contribution in [3.63, 3.8) is 0 Å². The third-order valence-corrected chi connectivity index (χ3v) is 23.8. The number of ether oxygens (including phenoxy) is 6. The normalized spacial score (nSPS) is 21.2. The van der Waals surface area contributed by atoms with Crippen LogP contribution >= 0.6 is 0 Å². The van der Waals surface area contributed by atoms with Gasteiger partial charge in [-0.25, -0.2) is 37.5 Å². The summed E-state index contributed by atoms with van der Waals surface area (Å²) < 4.78 is 82.0. The largest absolute Gasteiger partial charge is 0.378 e. The van der Waals surface area contributed by atoms with Crippen LogP contribution in [0.15, 0.2) is 168 Å². The Morgan fingerprint density at radius 1 is 0.230 bits per heavy atom. The van der Waals surface area contributed by atoms with Crippen molar-refractivity contribution >= 4 is 0 Å². The van der Waals surface area contributed by atoms with Gasteiger partial charge in [0.1, 0.15) is 23.3 Å². The third-order valence-electron chi connectivity index (χ3n) is 23.8. The van der Waals surface area contributed by atoms with Crippen molar-refractivity contribution in [3.05, 3.63) is 259 Å². The Bertz CT molecular complexity index is 3560. The molecule has 16 rings (SSSR count). The van der Waals surface area contributed by atoms with Crippen LogP contribution in [0, 0.1) is 168 Å². The Morgan fingerprint density at radius 2 is 0.473 bits per heavy atom. The number of allylic oxidation sites excluding steroid dienone is 8. The molecule has 0 bridgehead atoms. The molecule has 0 radical (unpaired) electrons. The molecular formula is C132H248F4N6O6. The second-order valence-corrected chi connectivity index (χ2v) is 39.9. The van der Waals surface area contributed by atoms with Gasteiger partial charge in [0.05, 0.1) is 50.3 Å². The van der Waals surface area contributed by atoms with Crippen LogP contribution in [0.2, 0.25) is 0 Å². The highest BCUT2D eigenvalue weighted by atomic mass is 19.1. The van der Waals surface area contributed by atoms with Crippen LogP contribution in [-0.2, 0) is 28.4 Å². The summed E-state index contributed by atoms with van der Waals surface area (Å²) in [6, 6.07) is 27.1. The van der Waals surface area contributed by atoms with Gasteiger partial charge in [0.15, 0.2) is 12.6 Å². The van der Waals surface area contributed by atoms with Crippen molar-refractivity contribution in [2.75, 3.05) is 39.6 Å². The number of hydrogen-bond acceptors (Lipinski definition) is 12. The van der Waals surface area contributed by atoms with Crippen molar-refractivity contribution in [2.24, 2.45) is 59.2 Å². The molecule has 8 unspecified atom stereocenters. The number of aryl methyl sites for hydroxylation is 14. The van der Waals surface area contributed by atoms with Gasteiger partial charge in [-0.3, -0.25) is 9.97 Å². The van der Waals surface area contributed by atoms with E-state index in [1.54, 1.807) is 37.1 Å². The molecule has 5 aliphatic carbocycles. The highest BCUT2D eigenvalue weighted by Crippen LogP contribution is 2.32. The van der Waals surface area contributed by atoms with Crippen LogP contribution in [-0.4, -0.2) is 94.3 Å². The summed E-state index contributed by atoms with van der Waals surface area (Å²) in [5, 5.41) is 0. The zero-order chi connectivity index (χ0) is 99.2.